The Kier molecular flexibility index (Phi) is 4.70. The zero-order valence-corrected chi connectivity index (χ0v) is 20.0. The molecule has 0 saturated carbocycles. The van der Waals surface area contributed by atoms with Crippen molar-refractivity contribution in [3.05, 3.63) is 77.1 Å². The first-order valence-electron chi connectivity index (χ1n) is 12.2. The molecule has 34 heavy (non-hydrogen) atoms. The minimum absolute atomic E-state index is 0.0707. The first-order valence-corrected chi connectivity index (χ1v) is 12.2. The van der Waals surface area contributed by atoms with Crippen molar-refractivity contribution in [1.82, 2.24) is 5.32 Å². The Morgan fingerprint density at radius 1 is 1.15 bits per heavy atom. The number of fused-ring (bicyclic) bond motifs is 2. The van der Waals surface area contributed by atoms with Crippen LogP contribution in [0.15, 0.2) is 81.8 Å². The van der Waals surface area contributed by atoms with E-state index in [4.69, 9.17) is 4.74 Å². The maximum absolute atomic E-state index is 13.7. The van der Waals surface area contributed by atoms with Crippen LogP contribution >= 0.6 is 0 Å². The van der Waals surface area contributed by atoms with Crippen molar-refractivity contribution >= 4 is 17.2 Å². The molecule has 6 heteroatoms. The van der Waals surface area contributed by atoms with E-state index in [2.05, 4.69) is 71.5 Å². The summed E-state index contributed by atoms with van der Waals surface area (Å²) in [5, 5.41) is 12.3. The smallest absolute Gasteiger partial charge is 0.164 e. The Morgan fingerprint density at radius 3 is 2.85 bits per heavy atom. The second kappa shape index (κ2) is 7.55. The van der Waals surface area contributed by atoms with Crippen molar-refractivity contribution in [3.8, 4) is 5.75 Å². The highest BCUT2D eigenvalue weighted by Crippen LogP contribution is 2.54. The lowest BCUT2D eigenvalue weighted by Crippen LogP contribution is -2.51. The molecule has 2 atom stereocenters. The largest absolute Gasteiger partial charge is 0.490 e. The molecular weight excluding hydrogens is 424 g/mol. The normalized spacial score (nSPS) is 26.8. The molecule has 0 radical (unpaired) electrons. The number of anilines is 2. The molecule has 6 nitrogen and oxygen atoms in total. The van der Waals surface area contributed by atoms with E-state index in [0.717, 1.165) is 58.9 Å². The Labute approximate surface area is 200 Å². The minimum atomic E-state index is -0.538. The first-order chi connectivity index (χ1) is 16.4. The predicted molar refractivity (Wildman–Crippen MR) is 132 cm³/mol. The molecule has 2 aromatic rings. The van der Waals surface area contributed by atoms with Crippen molar-refractivity contribution in [1.29, 1.82) is 0 Å². The number of hydrogen-bond donors (Lipinski definition) is 1. The number of benzene rings is 2. The summed E-state index contributed by atoms with van der Waals surface area (Å²) in [6.07, 6.45) is 3.82. The van der Waals surface area contributed by atoms with Gasteiger partial charge in [-0.15, -0.1) is 0 Å². The number of nitrogens with one attached hydrogen (secondary N) is 1. The van der Waals surface area contributed by atoms with Gasteiger partial charge in [0, 0.05) is 29.0 Å². The van der Waals surface area contributed by atoms with E-state index in [-0.39, 0.29) is 17.4 Å². The molecule has 174 valence electrons. The molecule has 3 aliphatic heterocycles. The van der Waals surface area contributed by atoms with Crippen LogP contribution in [0.2, 0.25) is 0 Å². The Balaban J connectivity index is 1.53. The molecule has 0 spiro atoms. The molecular formula is C28H30N4O2. The van der Waals surface area contributed by atoms with E-state index in [9.17, 15) is 4.79 Å². The number of azo groups is 1. The van der Waals surface area contributed by atoms with Gasteiger partial charge in [-0.2, -0.15) is 10.2 Å². The summed E-state index contributed by atoms with van der Waals surface area (Å²) >= 11 is 0. The van der Waals surface area contributed by atoms with E-state index in [1.165, 1.54) is 0 Å². The number of carbonyl (C=O) groups excluding carboxylic acids is 1. The SMILES string of the molecule is CCC1(c2cccc(N3CCOc4ccccc43)c2)C2=CN=NC2NC2=C1C(=O)CC(C)(C)C2. The molecule has 0 aromatic heterocycles. The predicted octanol–water partition coefficient (Wildman–Crippen LogP) is 5.79. The van der Waals surface area contributed by atoms with Gasteiger partial charge in [-0.05, 0) is 48.1 Å². The fourth-order valence-electron chi connectivity index (χ4n) is 6.27. The van der Waals surface area contributed by atoms with Crippen molar-refractivity contribution in [3.63, 3.8) is 0 Å². The van der Waals surface area contributed by atoms with Crippen molar-refractivity contribution < 1.29 is 9.53 Å². The minimum Gasteiger partial charge on any atom is -0.490 e. The van der Waals surface area contributed by atoms with E-state index in [0.29, 0.717) is 13.0 Å². The summed E-state index contributed by atoms with van der Waals surface area (Å²) in [6.45, 7) is 7.93. The van der Waals surface area contributed by atoms with Crippen LogP contribution in [0.3, 0.4) is 0 Å². The van der Waals surface area contributed by atoms with Crippen LogP contribution in [-0.2, 0) is 10.2 Å². The third kappa shape index (κ3) is 3.04. The monoisotopic (exact) mass is 454 g/mol. The highest BCUT2D eigenvalue weighted by Gasteiger charge is 2.53. The Hall–Kier alpha value is -3.41. The van der Waals surface area contributed by atoms with Crippen LogP contribution in [0.1, 0.15) is 45.6 Å². The van der Waals surface area contributed by atoms with Crippen LogP contribution in [0.4, 0.5) is 11.4 Å². The summed E-state index contributed by atoms with van der Waals surface area (Å²) in [4.78, 5) is 16.0. The highest BCUT2D eigenvalue weighted by atomic mass is 16.5. The van der Waals surface area contributed by atoms with Gasteiger partial charge in [0.05, 0.1) is 23.8 Å². The van der Waals surface area contributed by atoms with Gasteiger partial charge >= 0.3 is 0 Å². The molecule has 0 saturated heterocycles. The van der Waals surface area contributed by atoms with Crippen LogP contribution in [-0.4, -0.2) is 25.1 Å². The van der Waals surface area contributed by atoms with Crippen LogP contribution in [0, 0.1) is 5.41 Å². The average Bonchev–Trinajstić information content (AvgIpc) is 3.30. The second-order valence-electron chi connectivity index (χ2n) is 10.4. The molecule has 0 fully saturated rings. The molecule has 2 unspecified atom stereocenters. The Bertz CT molecular complexity index is 1270. The third-order valence-electron chi connectivity index (χ3n) is 7.69. The summed E-state index contributed by atoms with van der Waals surface area (Å²) < 4.78 is 5.89. The molecule has 1 N–H and O–H groups in total. The van der Waals surface area contributed by atoms with Crippen molar-refractivity contribution in [2.24, 2.45) is 15.6 Å². The van der Waals surface area contributed by atoms with Gasteiger partial charge in [0.15, 0.2) is 11.9 Å². The highest BCUT2D eigenvalue weighted by molar-refractivity contribution is 6.01. The van der Waals surface area contributed by atoms with Crippen LogP contribution < -0.4 is 15.0 Å². The van der Waals surface area contributed by atoms with Gasteiger partial charge in [0.25, 0.3) is 0 Å². The lowest BCUT2D eigenvalue weighted by molar-refractivity contribution is -0.119. The molecule has 3 heterocycles. The number of hydrogen-bond acceptors (Lipinski definition) is 6. The topological polar surface area (TPSA) is 66.3 Å². The molecule has 1 aliphatic carbocycles. The maximum atomic E-state index is 13.7. The lowest BCUT2D eigenvalue weighted by Gasteiger charge is -2.48. The number of rotatable bonds is 3. The number of ketones is 1. The van der Waals surface area contributed by atoms with Gasteiger partial charge in [-0.3, -0.25) is 4.79 Å². The number of ether oxygens (including phenoxy) is 1. The standard InChI is InChI=1S/C28H30N4O2/c1-4-28(20-17-29-31-26(20)30-21-15-27(2,3)16-23(33)25(21)28)18-8-7-9-19(14-18)32-12-13-34-24-11-6-5-10-22(24)32/h5-11,14,17,26,30H,4,12-13,15-16H2,1-3H3. The fraction of sp³-hybridized carbons (Fsp3) is 0.393. The Morgan fingerprint density at radius 2 is 2.00 bits per heavy atom. The second-order valence-corrected chi connectivity index (χ2v) is 10.4. The van der Waals surface area contributed by atoms with E-state index < -0.39 is 5.41 Å². The molecule has 2 aromatic carbocycles. The number of allylic oxidation sites excluding steroid dienone is 2. The number of para-hydroxylation sites is 2. The van der Waals surface area contributed by atoms with Gasteiger partial charge in [0.2, 0.25) is 0 Å². The average molecular weight is 455 g/mol. The van der Waals surface area contributed by atoms with Gasteiger partial charge in [-0.25, -0.2) is 0 Å². The quantitative estimate of drug-likeness (QED) is 0.638. The van der Waals surface area contributed by atoms with Crippen LogP contribution in [0.25, 0.3) is 0 Å². The summed E-state index contributed by atoms with van der Waals surface area (Å²) in [6, 6.07) is 16.8. The van der Waals surface area contributed by atoms with E-state index >= 15 is 0 Å². The number of Topliss-reactive ketones (excluding diaryl/α,β-unsaturated/α-hetero) is 1. The van der Waals surface area contributed by atoms with E-state index in [1.54, 1.807) is 0 Å². The maximum Gasteiger partial charge on any atom is 0.164 e. The lowest BCUT2D eigenvalue weighted by atomic mass is 9.59. The zero-order chi connectivity index (χ0) is 23.5. The van der Waals surface area contributed by atoms with Crippen molar-refractivity contribution in [2.45, 2.75) is 51.6 Å². The van der Waals surface area contributed by atoms with Gasteiger partial charge in [0.1, 0.15) is 12.4 Å². The van der Waals surface area contributed by atoms with Crippen LogP contribution in [0.5, 0.6) is 5.75 Å². The first kappa shape index (κ1) is 21.1. The van der Waals surface area contributed by atoms with Crippen molar-refractivity contribution in [2.75, 3.05) is 18.1 Å². The summed E-state index contributed by atoms with van der Waals surface area (Å²) in [7, 11) is 0. The fourth-order valence-corrected chi connectivity index (χ4v) is 6.27. The number of nitrogens with zero attached hydrogens (tertiary/aromatic N) is 3. The molecule has 0 bridgehead atoms. The summed E-state index contributed by atoms with van der Waals surface area (Å²) in [5.41, 5.74) is 5.71. The summed E-state index contributed by atoms with van der Waals surface area (Å²) in [5.74, 6) is 1.13. The molecule has 6 rings (SSSR count). The third-order valence-corrected chi connectivity index (χ3v) is 7.69. The van der Waals surface area contributed by atoms with E-state index in [1.807, 2.05) is 24.4 Å². The van der Waals surface area contributed by atoms with Gasteiger partial charge in [-0.1, -0.05) is 45.0 Å². The molecule has 4 aliphatic rings. The van der Waals surface area contributed by atoms with Gasteiger partial charge < -0.3 is 15.0 Å². The number of carbonyl (C=O) groups is 1. The zero-order valence-electron chi connectivity index (χ0n) is 20.0. The molecule has 0 amide bonds.